The average molecular weight is 546 g/mol. The number of halogens is 1. The number of H-pyrrole nitrogens is 1. The van der Waals surface area contributed by atoms with Crippen LogP contribution in [-0.4, -0.2) is 33.4 Å². The van der Waals surface area contributed by atoms with Gasteiger partial charge in [0.2, 0.25) is 5.82 Å². The Labute approximate surface area is 226 Å². The fraction of sp³-hybridized carbons (Fsp3) is 0.185. The highest BCUT2D eigenvalue weighted by atomic mass is 35.5. The summed E-state index contributed by atoms with van der Waals surface area (Å²) in [7, 11) is 1.75. The van der Waals surface area contributed by atoms with E-state index in [0.717, 1.165) is 17.3 Å². The molecule has 12 heteroatoms. The molecule has 11 nitrogen and oxygen atoms in total. The minimum atomic E-state index is -0.720. The summed E-state index contributed by atoms with van der Waals surface area (Å²) in [5, 5.41) is 18.5. The topological polar surface area (TPSA) is 163 Å². The number of nitrogens with one attached hydrogen (secondary N) is 4. The number of rotatable bonds is 7. The van der Waals surface area contributed by atoms with Crippen molar-refractivity contribution in [3.05, 3.63) is 84.7 Å². The lowest BCUT2D eigenvalue weighted by Gasteiger charge is -2.20. The molecule has 1 unspecified atom stereocenters. The molecular weight excluding hydrogens is 522 g/mol. The van der Waals surface area contributed by atoms with Crippen LogP contribution in [0.4, 0.5) is 11.4 Å². The van der Waals surface area contributed by atoms with Crippen LogP contribution in [0.5, 0.6) is 0 Å². The first-order valence-electron chi connectivity index (χ1n) is 12.0. The highest BCUT2D eigenvalue weighted by Crippen LogP contribution is 2.34. The van der Waals surface area contributed by atoms with Gasteiger partial charge in [-0.1, -0.05) is 22.8 Å². The monoisotopic (exact) mass is 545 g/mol. The van der Waals surface area contributed by atoms with Crippen LogP contribution in [0.3, 0.4) is 0 Å². The van der Waals surface area contributed by atoms with Gasteiger partial charge in [-0.25, -0.2) is 14.8 Å². The Hall–Kier alpha value is -4.77. The van der Waals surface area contributed by atoms with Crippen molar-refractivity contribution in [3.63, 3.8) is 0 Å². The van der Waals surface area contributed by atoms with Crippen LogP contribution in [0.1, 0.15) is 35.3 Å². The lowest BCUT2D eigenvalue weighted by molar-refractivity contribution is 0.388. The van der Waals surface area contributed by atoms with Crippen LogP contribution in [0.15, 0.2) is 54.9 Å². The van der Waals surface area contributed by atoms with Gasteiger partial charge in [0, 0.05) is 24.4 Å². The van der Waals surface area contributed by atoms with E-state index in [2.05, 4.69) is 35.3 Å². The van der Waals surface area contributed by atoms with Gasteiger partial charge in [-0.3, -0.25) is 14.3 Å². The number of anilines is 2. The van der Waals surface area contributed by atoms with Crippen LogP contribution in [0, 0.1) is 19.3 Å². The van der Waals surface area contributed by atoms with Crippen molar-refractivity contribution in [3.8, 4) is 23.0 Å². The largest absolute Gasteiger partial charge is 0.454 e. The number of aromatic amines is 1. The van der Waals surface area contributed by atoms with E-state index in [0.29, 0.717) is 50.7 Å². The Bertz CT molecular complexity index is 1860. The molecule has 5 rings (SSSR count). The molecule has 39 heavy (non-hydrogen) atoms. The van der Waals surface area contributed by atoms with E-state index in [1.165, 1.54) is 0 Å². The van der Waals surface area contributed by atoms with Crippen LogP contribution < -0.4 is 21.8 Å². The number of pyridine rings is 2. The highest BCUT2D eigenvalue weighted by molar-refractivity contribution is 6.29. The predicted molar refractivity (Wildman–Crippen MR) is 150 cm³/mol. The van der Waals surface area contributed by atoms with Crippen LogP contribution in [-0.2, 0) is 0 Å². The number of nitrogens with zero attached hydrogens (tertiary/aromatic N) is 3. The zero-order valence-corrected chi connectivity index (χ0v) is 22.2. The number of aryl methyl sites for hydroxylation is 1. The number of hydrogen-bond acceptors (Lipinski definition) is 10. The van der Waals surface area contributed by atoms with Crippen molar-refractivity contribution < 1.29 is 8.94 Å². The molecule has 198 valence electrons. The third-order valence-corrected chi connectivity index (χ3v) is 6.53. The van der Waals surface area contributed by atoms with E-state index < -0.39 is 5.76 Å². The van der Waals surface area contributed by atoms with E-state index in [1.807, 2.05) is 19.9 Å². The summed E-state index contributed by atoms with van der Waals surface area (Å²) >= 11 is 6.11. The standard InChI is InChI=1S/C27H24ClN7O4/c1-12-9-15(14(3)31-18-7-8-21(28)33-22(18)26-34-27(37)39-35-26)25-16(10-12)23(36)13(2)24(38-25)19-6-5-17(30-4)20(11-29)32-19/h5-11,14,29-31H,1-4H3,(H,34,35,37). The molecule has 0 saturated heterocycles. The van der Waals surface area contributed by atoms with E-state index in [-0.39, 0.29) is 22.4 Å². The van der Waals surface area contributed by atoms with Gasteiger partial charge < -0.3 is 20.5 Å². The molecule has 0 radical (unpaired) electrons. The fourth-order valence-corrected chi connectivity index (χ4v) is 4.58. The predicted octanol–water partition coefficient (Wildman–Crippen LogP) is 5.08. The smallest absolute Gasteiger partial charge is 0.439 e. The molecule has 0 fully saturated rings. The molecule has 0 aliphatic heterocycles. The molecule has 5 aromatic rings. The second kappa shape index (κ2) is 10.2. The van der Waals surface area contributed by atoms with Gasteiger partial charge in [0.05, 0.1) is 22.8 Å². The van der Waals surface area contributed by atoms with Gasteiger partial charge in [-0.15, -0.1) is 0 Å². The van der Waals surface area contributed by atoms with Crippen LogP contribution in [0.2, 0.25) is 5.15 Å². The summed E-state index contributed by atoms with van der Waals surface area (Å²) < 4.78 is 11.0. The summed E-state index contributed by atoms with van der Waals surface area (Å²) in [5.41, 5.74) is 4.61. The number of benzene rings is 1. The summed E-state index contributed by atoms with van der Waals surface area (Å²) in [6, 6.07) is 10.2. The van der Waals surface area contributed by atoms with Gasteiger partial charge in [0.1, 0.15) is 27.8 Å². The third kappa shape index (κ3) is 4.79. The molecule has 1 aromatic carbocycles. The molecule has 0 spiro atoms. The second-order valence-electron chi connectivity index (χ2n) is 8.98. The normalized spacial score (nSPS) is 11.9. The molecule has 4 heterocycles. The second-order valence-corrected chi connectivity index (χ2v) is 9.37. The quantitative estimate of drug-likeness (QED) is 0.161. The maximum absolute atomic E-state index is 13.5. The maximum atomic E-state index is 13.5. The summed E-state index contributed by atoms with van der Waals surface area (Å²) in [6.07, 6.45) is 1.14. The van der Waals surface area contributed by atoms with E-state index >= 15 is 0 Å². The molecule has 0 aliphatic carbocycles. The lowest BCUT2D eigenvalue weighted by Crippen LogP contribution is -2.13. The highest BCUT2D eigenvalue weighted by Gasteiger charge is 2.22. The Morgan fingerprint density at radius 2 is 1.87 bits per heavy atom. The molecule has 0 saturated carbocycles. The molecule has 4 aromatic heterocycles. The van der Waals surface area contributed by atoms with Gasteiger partial charge in [0.25, 0.3) is 0 Å². The first kappa shape index (κ1) is 25.9. The Morgan fingerprint density at radius 3 is 2.56 bits per heavy atom. The zero-order chi connectivity index (χ0) is 27.8. The van der Waals surface area contributed by atoms with Crippen molar-refractivity contribution >= 4 is 40.2 Å². The number of fused-ring (bicyclic) bond motifs is 1. The van der Waals surface area contributed by atoms with Crippen molar-refractivity contribution in [1.29, 1.82) is 5.41 Å². The van der Waals surface area contributed by atoms with E-state index in [1.54, 1.807) is 44.3 Å². The van der Waals surface area contributed by atoms with E-state index in [9.17, 15) is 9.59 Å². The molecule has 0 aliphatic rings. The first-order chi connectivity index (χ1) is 18.7. The zero-order valence-electron chi connectivity index (χ0n) is 21.5. The summed E-state index contributed by atoms with van der Waals surface area (Å²) in [6.45, 7) is 5.51. The van der Waals surface area contributed by atoms with Crippen LogP contribution in [0.25, 0.3) is 33.9 Å². The Kier molecular flexibility index (Phi) is 6.75. The fourth-order valence-electron chi connectivity index (χ4n) is 4.43. The van der Waals surface area contributed by atoms with Crippen molar-refractivity contribution in [2.45, 2.75) is 26.8 Å². The minimum absolute atomic E-state index is 0.119. The van der Waals surface area contributed by atoms with Crippen LogP contribution >= 0.6 is 11.6 Å². The molecule has 0 amide bonds. The molecular formula is C27H24ClN7O4. The van der Waals surface area contributed by atoms with Gasteiger partial charge in [-0.05, 0) is 56.7 Å². The van der Waals surface area contributed by atoms with Crippen molar-refractivity contribution in [2.75, 3.05) is 17.7 Å². The first-order valence-corrected chi connectivity index (χ1v) is 12.3. The molecule has 1 atom stereocenters. The van der Waals surface area contributed by atoms with Gasteiger partial charge >= 0.3 is 5.76 Å². The summed E-state index contributed by atoms with van der Waals surface area (Å²) in [5.74, 6) is -0.277. The number of aromatic nitrogens is 4. The van der Waals surface area contributed by atoms with Crippen molar-refractivity contribution in [1.82, 2.24) is 20.1 Å². The SMILES string of the molecule is CNc1ccc(-c2oc3c(C(C)Nc4ccc(Cl)nc4-c4noc(=O)[nH]4)cc(C)cc3c(=O)c2C)nc1C=N. The lowest BCUT2D eigenvalue weighted by atomic mass is 9.99. The molecule has 4 N–H and O–H groups in total. The van der Waals surface area contributed by atoms with Gasteiger partial charge in [-0.2, -0.15) is 0 Å². The number of hydrogen-bond donors (Lipinski definition) is 4. The molecule has 0 bridgehead atoms. The van der Waals surface area contributed by atoms with Gasteiger partial charge in [0.15, 0.2) is 11.2 Å². The minimum Gasteiger partial charge on any atom is -0.454 e. The van der Waals surface area contributed by atoms with E-state index in [4.69, 9.17) is 21.4 Å². The maximum Gasteiger partial charge on any atom is 0.439 e. The Balaban J connectivity index is 1.65. The Morgan fingerprint density at radius 1 is 1.10 bits per heavy atom. The summed E-state index contributed by atoms with van der Waals surface area (Å²) in [4.78, 5) is 36.4. The van der Waals surface area contributed by atoms with Crippen molar-refractivity contribution in [2.24, 2.45) is 0 Å². The average Bonchev–Trinajstić information content (AvgIpc) is 3.37. The third-order valence-electron chi connectivity index (χ3n) is 6.32.